The van der Waals surface area contributed by atoms with Gasteiger partial charge in [-0.1, -0.05) is 0 Å². The maximum atomic E-state index is 12.3. The largest absolute Gasteiger partial charge is 0.508 e. The fourth-order valence-corrected chi connectivity index (χ4v) is 2.61. The standard InChI is InChI=1S/C16H23N3O4/c1-18-4-5-19(2)13(10-18)9-17-15(21)11-6-12(16(22)23-3)8-14(20)7-11/h6-8,13,20H,4-5,9-10H2,1-3H3,(H,17,21)/t13-/m1/s1. The number of likely N-dealkylation sites (N-methyl/N-ethyl adjacent to an activating group) is 2. The number of hydrogen-bond acceptors (Lipinski definition) is 6. The second kappa shape index (κ2) is 7.43. The lowest BCUT2D eigenvalue weighted by atomic mass is 10.1. The maximum absolute atomic E-state index is 12.3. The molecule has 1 aromatic carbocycles. The van der Waals surface area contributed by atoms with Crippen molar-refractivity contribution in [3.8, 4) is 5.75 Å². The number of carbonyl (C=O) groups is 2. The lowest BCUT2D eigenvalue weighted by Gasteiger charge is -2.37. The van der Waals surface area contributed by atoms with E-state index in [-0.39, 0.29) is 28.8 Å². The van der Waals surface area contributed by atoms with Gasteiger partial charge in [0.1, 0.15) is 5.75 Å². The van der Waals surface area contributed by atoms with Crippen molar-refractivity contribution in [3.05, 3.63) is 29.3 Å². The maximum Gasteiger partial charge on any atom is 0.338 e. The highest BCUT2D eigenvalue weighted by atomic mass is 16.5. The zero-order chi connectivity index (χ0) is 17.0. The Kier molecular flexibility index (Phi) is 5.57. The quantitative estimate of drug-likeness (QED) is 0.769. The predicted molar refractivity (Wildman–Crippen MR) is 85.7 cm³/mol. The molecule has 0 bridgehead atoms. The van der Waals surface area contributed by atoms with Crippen molar-refractivity contribution in [2.75, 3.05) is 47.4 Å². The molecule has 1 fully saturated rings. The molecule has 7 nitrogen and oxygen atoms in total. The molecular weight excluding hydrogens is 298 g/mol. The van der Waals surface area contributed by atoms with Gasteiger partial charge in [0.25, 0.3) is 5.91 Å². The summed E-state index contributed by atoms with van der Waals surface area (Å²) in [6, 6.07) is 4.25. The molecule has 0 spiro atoms. The van der Waals surface area contributed by atoms with Gasteiger partial charge >= 0.3 is 5.97 Å². The van der Waals surface area contributed by atoms with E-state index in [4.69, 9.17) is 0 Å². The van der Waals surface area contributed by atoms with E-state index in [1.807, 2.05) is 7.05 Å². The minimum absolute atomic E-state index is 0.146. The summed E-state index contributed by atoms with van der Waals surface area (Å²) in [5.41, 5.74) is 0.379. The molecule has 1 amide bonds. The van der Waals surface area contributed by atoms with Crippen molar-refractivity contribution in [2.24, 2.45) is 0 Å². The summed E-state index contributed by atoms with van der Waals surface area (Å²) in [4.78, 5) is 28.3. The fourth-order valence-electron chi connectivity index (χ4n) is 2.61. The molecule has 0 radical (unpaired) electrons. The summed E-state index contributed by atoms with van der Waals surface area (Å²) >= 11 is 0. The summed E-state index contributed by atoms with van der Waals surface area (Å²) in [5.74, 6) is -1.07. The molecule has 126 valence electrons. The number of ether oxygens (including phenoxy) is 1. The van der Waals surface area contributed by atoms with Gasteiger partial charge in [0.2, 0.25) is 0 Å². The van der Waals surface area contributed by atoms with Crippen molar-refractivity contribution < 1.29 is 19.4 Å². The molecule has 1 heterocycles. The zero-order valence-electron chi connectivity index (χ0n) is 13.7. The second-order valence-corrected chi connectivity index (χ2v) is 5.87. The van der Waals surface area contributed by atoms with Crippen LogP contribution in [-0.2, 0) is 4.74 Å². The Hall–Kier alpha value is -2.12. The van der Waals surface area contributed by atoms with Gasteiger partial charge in [0.15, 0.2) is 0 Å². The zero-order valence-corrected chi connectivity index (χ0v) is 13.7. The van der Waals surface area contributed by atoms with Crippen LogP contribution in [0.15, 0.2) is 18.2 Å². The van der Waals surface area contributed by atoms with E-state index in [1.54, 1.807) is 0 Å². The Bertz CT molecular complexity index is 591. The number of amides is 1. The normalized spacial score (nSPS) is 19.3. The molecule has 1 aliphatic rings. The number of nitrogens with one attached hydrogen (secondary N) is 1. The van der Waals surface area contributed by atoms with E-state index in [0.29, 0.717) is 6.54 Å². The van der Waals surface area contributed by atoms with E-state index in [1.165, 1.54) is 25.3 Å². The Morgan fingerprint density at radius 2 is 1.96 bits per heavy atom. The number of rotatable bonds is 4. The van der Waals surface area contributed by atoms with E-state index in [9.17, 15) is 14.7 Å². The van der Waals surface area contributed by atoms with Crippen LogP contribution in [0.1, 0.15) is 20.7 Å². The van der Waals surface area contributed by atoms with Crippen LogP contribution in [0.5, 0.6) is 5.75 Å². The van der Waals surface area contributed by atoms with Crippen LogP contribution in [0.25, 0.3) is 0 Å². The van der Waals surface area contributed by atoms with Crippen LogP contribution in [-0.4, -0.2) is 80.2 Å². The number of carbonyl (C=O) groups excluding carboxylic acids is 2. The van der Waals surface area contributed by atoms with Crippen molar-refractivity contribution in [2.45, 2.75) is 6.04 Å². The topological polar surface area (TPSA) is 82.1 Å². The highest BCUT2D eigenvalue weighted by Gasteiger charge is 2.23. The Morgan fingerprint density at radius 1 is 1.26 bits per heavy atom. The van der Waals surface area contributed by atoms with Crippen LogP contribution in [0.2, 0.25) is 0 Å². The number of methoxy groups -OCH3 is 1. The van der Waals surface area contributed by atoms with Crippen LogP contribution >= 0.6 is 0 Å². The highest BCUT2D eigenvalue weighted by Crippen LogP contribution is 2.16. The molecule has 23 heavy (non-hydrogen) atoms. The molecule has 1 aromatic rings. The summed E-state index contributed by atoms with van der Waals surface area (Å²) in [6.07, 6.45) is 0. The SMILES string of the molecule is COC(=O)c1cc(O)cc(C(=O)NC[C@@H]2CN(C)CCN2C)c1. The summed E-state index contributed by atoms with van der Waals surface area (Å²) in [5, 5.41) is 12.5. The lowest BCUT2D eigenvalue weighted by Crippen LogP contribution is -2.54. The Balaban J connectivity index is 2.03. The molecule has 0 unspecified atom stereocenters. The summed E-state index contributed by atoms with van der Waals surface area (Å²) in [6.45, 7) is 3.35. The van der Waals surface area contributed by atoms with Gasteiger partial charge in [-0.25, -0.2) is 4.79 Å². The summed E-state index contributed by atoms with van der Waals surface area (Å²) < 4.78 is 4.61. The molecular formula is C16H23N3O4. The average Bonchev–Trinajstić information content (AvgIpc) is 2.54. The van der Waals surface area contributed by atoms with Gasteiger partial charge in [-0.15, -0.1) is 0 Å². The van der Waals surface area contributed by atoms with E-state index in [2.05, 4.69) is 26.9 Å². The van der Waals surface area contributed by atoms with Crippen LogP contribution < -0.4 is 5.32 Å². The number of piperazine rings is 1. The number of hydrogen-bond donors (Lipinski definition) is 2. The minimum atomic E-state index is -0.594. The molecule has 1 saturated heterocycles. The number of aromatic hydroxyl groups is 1. The first-order chi connectivity index (χ1) is 10.9. The van der Waals surface area contributed by atoms with Crippen molar-refractivity contribution >= 4 is 11.9 Å². The second-order valence-electron chi connectivity index (χ2n) is 5.87. The third-order valence-electron chi connectivity index (χ3n) is 4.08. The van der Waals surface area contributed by atoms with Crippen LogP contribution in [0.4, 0.5) is 0 Å². The molecule has 0 aliphatic carbocycles. The highest BCUT2D eigenvalue weighted by molar-refractivity contribution is 5.98. The predicted octanol–water partition coefficient (Wildman–Crippen LogP) is 0.154. The first-order valence-electron chi connectivity index (χ1n) is 7.50. The molecule has 1 atom stereocenters. The van der Waals surface area contributed by atoms with Crippen molar-refractivity contribution in [1.82, 2.24) is 15.1 Å². The van der Waals surface area contributed by atoms with E-state index < -0.39 is 5.97 Å². The van der Waals surface area contributed by atoms with E-state index >= 15 is 0 Å². The van der Waals surface area contributed by atoms with Gasteiger partial charge < -0.3 is 20.1 Å². The molecule has 0 saturated carbocycles. The lowest BCUT2D eigenvalue weighted by molar-refractivity contribution is 0.0600. The van der Waals surface area contributed by atoms with Gasteiger partial charge in [-0.05, 0) is 32.3 Å². The molecule has 1 aliphatic heterocycles. The molecule has 0 aromatic heterocycles. The molecule has 2 rings (SSSR count). The Labute approximate surface area is 135 Å². The number of phenolic OH excluding ortho intramolecular Hbond substituents is 1. The van der Waals surface area contributed by atoms with Gasteiger partial charge in [-0.3, -0.25) is 9.69 Å². The number of nitrogens with zero attached hydrogens (tertiary/aromatic N) is 2. The Morgan fingerprint density at radius 3 is 2.65 bits per heavy atom. The third-order valence-corrected chi connectivity index (χ3v) is 4.08. The van der Waals surface area contributed by atoms with Crippen LogP contribution in [0.3, 0.4) is 0 Å². The smallest absolute Gasteiger partial charge is 0.338 e. The minimum Gasteiger partial charge on any atom is -0.508 e. The van der Waals surface area contributed by atoms with Crippen molar-refractivity contribution in [1.29, 1.82) is 0 Å². The van der Waals surface area contributed by atoms with Gasteiger partial charge in [-0.2, -0.15) is 0 Å². The first kappa shape index (κ1) is 17.2. The number of phenols is 1. The van der Waals surface area contributed by atoms with Gasteiger partial charge in [0, 0.05) is 37.8 Å². The number of esters is 1. The van der Waals surface area contributed by atoms with E-state index in [0.717, 1.165) is 19.6 Å². The molecule has 7 heteroatoms. The third kappa shape index (κ3) is 4.43. The molecule has 2 N–H and O–H groups in total. The van der Waals surface area contributed by atoms with Gasteiger partial charge in [0.05, 0.1) is 12.7 Å². The van der Waals surface area contributed by atoms with Crippen LogP contribution in [0, 0.1) is 0 Å². The average molecular weight is 321 g/mol. The first-order valence-corrected chi connectivity index (χ1v) is 7.50. The van der Waals surface area contributed by atoms with Crippen molar-refractivity contribution in [3.63, 3.8) is 0 Å². The fraction of sp³-hybridized carbons (Fsp3) is 0.500. The summed E-state index contributed by atoms with van der Waals surface area (Å²) in [7, 11) is 5.34. The monoisotopic (exact) mass is 321 g/mol. The number of benzene rings is 1.